The third-order valence-electron chi connectivity index (χ3n) is 3.50. The smallest absolute Gasteiger partial charge is 0.417 e. The minimum atomic E-state index is -4.64. The van der Waals surface area contributed by atoms with Crippen molar-refractivity contribution < 1.29 is 27.1 Å². The lowest BCUT2D eigenvalue weighted by Gasteiger charge is -2.17. The van der Waals surface area contributed by atoms with Gasteiger partial charge in [-0.05, 0) is 36.8 Å². The number of methoxy groups -OCH3 is 1. The number of alkyl halides is 3. The van der Waals surface area contributed by atoms with E-state index in [1.165, 1.54) is 37.4 Å². The highest BCUT2D eigenvalue weighted by Gasteiger charge is 2.35. The summed E-state index contributed by atoms with van der Waals surface area (Å²) in [5, 5.41) is 2.44. The Labute approximate surface area is 136 Å². The van der Waals surface area contributed by atoms with Crippen molar-refractivity contribution in [3.63, 3.8) is 0 Å². The first-order chi connectivity index (χ1) is 11.2. The van der Waals surface area contributed by atoms with Crippen molar-refractivity contribution in [2.75, 3.05) is 7.11 Å². The van der Waals surface area contributed by atoms with Crippen LogP contribution >= 0.6 is 0 Å². The Bertz CT molecular complexity index is 744. The largest absolute Gasteiger partial charge is 0.494 e. The maximum atomic E-state index is 13.7. The molecule has 2 aromatic carbocycles. The number of amides is 1. The lowest BCUT2D eigenvalue weighted by atomic mass is 10.0. The number of ether oxygens (including phenoxy) is 1. The van der Waals surface area contributed by atoms with Crippen LogP contribution in [0.5, 0.6) is 5.75 Å². The van der Waals surface area contributed by atoms with Gasteiger partial charge in [-0.2, -0.15) is 13.2 Å². The second kappa shape index (κ2) is 6.90. The highest BCUT2D eigenvalue weighted by molar-refractivity contribution is 5.96. The molecule has 1 atom stereocenters. The fraction of sp³-hybridized carbons (Fsp3) is 0.235. The molecule has 0 aliphatic rings. The van der Waals surface area contributed by atoms with E-state index in [1.54, 1.807) is 6.92 Å². The summed E-state index contributed by atoms with van der Waals surface area (Å²) in [5.74, 6) is -1.46. The summed E-state index contributed by atoms with van der Waals surface area (Å²) in [6.45, 7) is 1.55. The van der Waals surface area contributed by atoms with E-state index in [0.29, 0.717) is 5.56 Å². The molecule has 0 aliphatic carbocycles. The molecule has 0 unspecified atom stereocenters. The first-order valence-electron chi connectivity index (χ1n) is 7.04. The van der Waals surface area contributed by atoms with Gasteiger partial charge in [0.1, 0.15) is 0 Å². The first-order valence-corrected chi connectivity index (χ1v) is 7.04. The highest BCUT2D eigenvalue weighted by atomic mass is 19.4. The molecule has 0 aromatic heterocycles. The minimum absolute atomic E-state index is 0.0414. The summed E-state index contributed by atoms with van der Waals surface area (Å²) < 4.78 is 57.4. The van der Waals surface area contributed by atoms with Gasteiger partial charge in [-0.1, -0.05) is 18.2 Å². The molecule has 0 bridgehead atoms. The number of nitrogens with one attached hydrogen (secondary N) is 1. The Morgan fingerprint density at radius 1 is 1.17 bits per heavy atom. The average Bonchev–Trinajstić information content (AvgIpc) is 2.53. The predicted molar refractivity (Wildman–Crippen MR) is 80.3 cm³/mol. The monoisotopic (exact) mass is 341 g/mol. The fourth-order valence-electron chi connectivity index (χ4n) is 2.24. The van der Waals surface area contributed by atoms with Gasteiger partial charge < -0.3 is 10.1 Å². The van der Waals surface area contributed by atoms with E-state index in [2.05, 4.69) is 5.32 Å². The standard InChI is InChI=1S/C17H15F4NO2/c1-10(11-7-8-15(24-2)14(18)9-11)22-16(23)12-5-3-4-6-13(12)17(19,20)21/h3-10H,1-2H3,(H,22,23)/t10-/m0/s1. The van der Waals surface area contributed by atoms with Gasteiger partial charge in [-0.15, -0.1) is 0 Å². The van der Waals surface area contributed by atoms with Crippen LogP contribution in [0.3, 0.4) is 0 Å². The normalized spacial score (nSPS) is 12.6. The molecule has 0 aliphatic heterocycles. The zero-order chi connectivity index (χ0) is 17.9. The van der Waals surface area contributed by atoms with Gasteiger partial charge in [-0.25, -0.2) is 4.39 Å². The van der Waals surface area contributed by atoms with E-state index in [-0.39, 0.29) is 5.75 Å². The van der Waals surface area contributed by atoms with Crippen LogP contribution < -0.4 is 10.1 Å². The van der Waals surface area contributed by atoms with E-state index >= 15 is 0 Å². The molecular formula is C17H15F4NO2. The van der Waals surface area contributed by atoms with Gasteiger partial charge in [-0.3, -0.25) is 4.79 Å². The minimum Gasteiger partial charge on any atom is -0.494 e. The molecule has 0 fully saturated rings. The summed E-state index contributed by atoms with van der Waals surface area (Å²) in [7, 11) is 1.32. The summed E-state index contributed by atoms with van der Waals surface area (Å²) in [6, 6.07) is 7.90. The highest BCUT2D eigenvalue weighted by Crippen LogP contribution is 2.32. The van der Waals surface area contributed by atoms with Gasteiger partial charge in [0.2, 0.25) is 0 Å². The lowest BCUT2D eigenvalue weighted by Crippen LogP contribution is -2.28. The van der Waals surface area contributed by atoms with Gasteiger partial charge in [0.05, 0.1) is 24.3 Å². The third-order valence-corrected chi connectivity index (χ3v) is 3.50. The Hall–Kier alpha value is -2.57. The van der Waals surface area contributed by atoms with Crippen molar-refractivity contribution in [1.82, 2.24) is 5.32 Å². The quantitative estimate of drug-likeness (QED) is 0.840. The Morgan fingerprint density at radius 2 is 1.83 bits per heavy atom. The van der Waals surface area contributed by atoms with Crippen LogP contribution in [0.1, 0.15) is 34.5 Å². The molecule has 0 saturated heterocycles. The molecule has 0 radical (unpaired) electrons. The van der Waals surface area contributed by atoms with Crippen LogP contribution in [0.2, 0.25) is 0 Å². The van der Waals surface area contributed by atoms with Crippen LogP contribution in [0.25, 0.3) is 0 Å². The Balaban J connectivity index is 2.23. The zero-order valence-corrected chi connectivity index (χ0v) is 12.9. The van der Waals surface area contributed by atoms with Crippen LogP contribution in [-0.2, 0) is 6.18 Å². The lowest BCUT2D eigenvalue weighted by molar-refractivity contribution is -0.137. The Morgan fingerprint density at radius 3 is 2.42 bits per heavy atom. The summed E-state index contributed by atoms with van der Waals surface area (Å²) in [6.07, 6.45) is -4.64. The molecule has 2 aromatic rings. The SMILES string of the molecule is COc1ccc([C@H](C)NC(=O)c2ccccc2C(F)(F)F)cc1F. The summed E-state index contributed by atoms with van der Waals surface area (Å²) in [4.78, 5) is 12.2. The predicted octanol–water partition coefficient (Wildman–Crippen LogP) is 4.34. The van der Waals surface area contributed by atoms with Crippen LogP contribution in [0.4, 0.5) is 17.6 Å². The van der Waals surface area contributed by atoms with Crippen molar-refractivity contribution in [1.29, 1.82) is 0 Å². The molecular weight excluding hydrogens is 326 g/mol. The van der Waals surface area contributed by atoms with Gasteiger partial charge >= 0.3 is 6.18 Å². The number of hydrogen-bond donors (Lipinski definition) is 1. The van der Waals surface area contributed by atoms with Crippen LogP contribution in [0.15, 0.2) is 42.5 Å². The number of benzene rings is 2. The number of carbonyl (C=O) groups is 1. The molecule has 3 nitrogen and oxygen atoms in total. The van der Waals surface area contributed by atoms with Crippen LogP contribution in [0, 0.1) is 5.82 Å². The van der Waals surface area contributed by atoms with Crippen molar-refractivity contribution in [2.45, 2.75) is 19.1 Å². The van der Waals surface area contributed by atoms with E-state index in [1.807, 2.05) is 0 Å². The second-order valence-corrected chi connectivity index (χ2v) is 5.13. The molecule has 2 rings (SSSR count). The summed E-state index contributed by atoms with van der Waals surface area (Å²) >= 11 is 0. The first kappa shape index (κ1) is 17.8. The number of carbonyl (C=O) groups excluding carboxylic acids is 1. The van der Waals surface area contributed by atoms with E-state index in [4.69, 9.17) is 4.74 Å². The van der Waals surface area contributed by atoms with Crippen LogP contribution in [-0.4, -0.2) is 13.0 Å². The third kappa shape index (κ3) is 3.84. The van der Waals surface area contributed by atoms with Crippen molar-refractivity contribution in [2.24, 2.45) is 0 Å². The average molecular weight is 341 g/mol. The molecule has 128 valence electrons. The van der Waals surface area contributed by atoms with E-state index in [9.17, 15) is 22.4 Å². The molecule has 1 N–H and O–H groups in total. The van der Waals surface area contributed by atoms with E-state index in [0.717, 1.165) is 12.1 Å². The van der Waals surface area contributed by atoms with E-state index < -0.39 is 35.1 Å². The molecule has 7 heteroatoms. The summed E-state index contributed by atoms with van der Waals surface area (Å²) in [5.41, 5.74) is -1.09. The van der Waals surface area contributed by atoms with Gasteiger partial charge in [0, 0.05) is 0 Å². The molecule has 0 saturated carbocycles. The molecule has 0 spiro atoms. The zero-order valence-electron chi connectivity index (χ0n) is 12.9. The molecule has 0 heterocycles. The number of rotatable bonds is 4. The Kier molecular flexibility index (Phi) is 5.11. The number of halogens is 4. The fourth-order valence-corrected chi connectivity index (χ4v) is 2.24. The molecule has 1 amide bonds. The number of hydrogen-bond acceptors (Lipinski definition) is 2. The van der Waals surface area contributed by atoms with Crippen molar-refractivity contribution >= 4 is 5.91 Å². The second-order valence-electron chi connectivity index (χ2n) is 5.13. The van der Waals surface area contributed by atoms with Crippen molar-refractivity contribution in [3.8, 4) is 5.75 Å². The van der Waals surface area contributed by atoms with Crippen molar-refractivity contribution in [3.05, 3.63) is 65.0 Å². The molecule has 24 heavy (non-hydrogen) atoms. The topological polar surface area (TPSA) is 38.3 Å². The van der Waals surface area contributed by atoms with Gasteiger partial charge in [0.15, 0.2) is 11.6 Å². The maximum Gasteiger partial charge on any atom is 0.417 e. The van der Waals surface area contributed by atoms with Gasteiger partial charge in [0.25, 0.3) is 5.91 Å². The maximum absolute atomic E-state index is 13.7.